The van der Waals surface area contributed by atoms with Gasteiger partial charge in [-0.1, -0.05) is 30.3 Å². The van der Waals surface area contributed by atoms with Gasteiger partial charge < -0.3 is 9.47 Å². The molecule has 6 nitrogen and oxygen atoms in total. The van der Waals surface area contributed by atoms with Gasteiger partial charge in [0.25, 0.3) is 11.8 Å². The maximum atomic E-state index is 12.9. The van der Waals surface area contributed by atoms with Crippen LogP contribution in [0.1, 0.15) is 32.7 Å². The Morgan fingerprint density at radius 1 is 0.963 bits per heavy atom. The monoisotopic (exact) mass is 366 g/mol. The predicted octanol–water partition coefficient (Wildman–Crippen LogP) is 2.57. The molecule has 2 aliphatic heterocycles. The Kier molecular flexibility index (Phi) is 4.58. The zero-order valence-corrected chi connectivity index (χ0v) is 15.5. The van der Waals surface area contributed by atoms with Crippen molar-refractivity contribution in [3.8, 4) is 11.5 Å². The van der Waals surface area contributed by atoms with E-state index in [1.54, 1.807) is 12.1 Å². The Morgan fingerprint density at radius 2 is 1.56 bits per heavy atom. The van der Waals surface area contributed by atoms with E-state index in [0.29, 0.717) is 29.2 Å². The second-order valence-corrected chi connectivity index (χ2v) is 6.90. The Labute approximate surface area is 158 Å². The van der Waals surface area contributed by atoms with E-state index < -0.39 is 0 Å². The highest BCUT2D eigenvalue weighted by Crippen LogP contribution is 2.36. The molecule has 1 fully saturated rings. The van der Waals surface area contributed by atoms with Crippen LogP contribution in [-0.2, 0) is 6.54 Å². The molecule has 2 aromatic carbocycles. The molecule has 0 aliphatic carbocycles. The number of fused-ring (bicyclic) bond motifs is 1. The predicted molar refractivity (Wildman–Crippen MR) is 100 cm³/mol. The standard InChI is InChI=1S/C21H22N2O4/c1-26-18-10-16-17(11-19(18)27-2)21(25)23(20(16)24)15-8-9-22(13-15)12-14-6-4-3-5-7-14/h3-7,10-11,15H,8-9,12-13H2,1-2H3. The quantitative estimate of drug-likeness (QED) is 0.762. The van der Waals surface area contributed by atoms with Gasteiger partial charge in [-0.25, -0.2) is 0 Å². The Hall–Kier alpha value is -2.86. The first-order valence-corrected chi connectivity index (χ1v) is 9.02. The molecule has 2 heterocycles. The number of carbonyl (C=O) groups is 2. The van der Waals surface area contributed by atoms with E-state index in [4.69, 9.17) is 9.47 Å². The van der Waals surface area contributed by atoms with Crippen LogP contribution in [0.5, 0.6) is 11.5 Å². The van der Waals surface area contributed by atoms with Crippen molar-refractivity contribution in [2.45, 2.75) is 19.0 Å². The molecule has 4 rings (SSSR count). The molecule has 6 heteroatoms. The van der Waals surface area contributed by atoms with Crippen LogP contribution in [0.4, 0.5) is 0 Å². The number of nitrogens with zero attached hydrogens (tertiary/aromatic N) is 2. The summed E-state index contributed by atoms with van der Waals surface area (Å²) in [5.74, 6) is 0.415. The summed E-state index contributed by atoms with van der Waals surface area (Å²) in [6, 6.07) is 13.3. The van der Waals surface area contributed by atoms with Gasteiger partial charge in [0, 0.05) is 19.6 Å². The molecular weight excluding hydrogens is 344 g/mol. The molecule has 0 bridgehead atoms. The summed E-state index contributed by atoms with van der Waals surface area (Å²) in [7, 11) is 3.03. The van der Waals surface area contributed by atoms with Crippen LogP contribution in [0.15, 0.2) is 42.5 Å². The van der Waals surface area contributed by atoms with Gasteiger partial charge in [0.05, 0.1) is 31.4 Å². The summed E-state index contributed by atoms with van der Waals surface area (Å²) in [6.45, 7) is 2.37. The summed E-state index contributed by atoms with van der Waals surface area (Å²) >= 11 is 0. The zero-order chi connectivity index (χ0) is 19.0. The fourth-order valence-electron chi connectivity index (χ4n) is 3.92. The summed E-state index contributed by atoms with van der Waals surface area (Å²) in [5.41, 5.74) is 2.01. The number of rotatable bonds is 5. The number of amides is 2. The second-order valence-electron chi connectivity index (χ2n) is 6.90. The molecule has 2 aliphatic rings. The lowest BCUT2D eigenvalue weighted by molar-refractivity contribution is 0.0588. The fraction of sp³-hybridized carbons (Fsp3) is 0.333. The third-order valence-electron chi connectivity index (χ3n) is 5.28. The molecule has 27 heavy (non-hydrogen) atoms. The topological polar surface area (TPSA) is 59.1 Å². The molecule has 1 saturated heterocycles. The average Bonchev–Trinajstić information content (AvgIpc) is 3.24. The lowest BCUT2D eigenvalue weighted by atomic mass is 10.1. The van der Waals surface area contributed by atoms with Gasteiger partial charge in [-0.05, 0) is 24.1 Å². The number of likely N-dealkylation sites (tertiary alicyclic amines) is 1. The van der Waals surface area contributed by atoms with Crippen molar-refractivity contribution in [3.63, 3.8) is 0 Å². The van der Waals surface area contributed by atoms with E-state index in [1.807, 2.05) is 18.2 Å². The first kappa shape index (κ1) is 17.5. The van der Waals surface area contributed by atoms with E-state index in [2.05, 4.69) is 17.0 Å². The van der Waals surface area contributed by atoms with E-state index in [-0.39, 0.29) is 17.9 Å². The van der Waals surface area contributed by atoms with Crippen LogP contribution in [0, 0.1) is 0 Å². The van der Waals surface area contributed by atoms with Gasteiger partial charge >= 0.3 is 0 Å². The van der Waals surface area contributed by atoms with Crippen molar-refractivity contribution in [1.29, 1.82) is 0 Å². The van der Waals surface area contributed by atoms with Crippen molar-refractivity contribution >= 4 is 11.8 Å². The maximum absolute atomic E-state index is 12.9. The molecule has 0 spiro atoms. The minimum absolute atomic E-state index is 0.113. The first-order chi connectivity index (χ1) is 13.1. The minimum atomic E-state index is -0.248. The first-order valence-electron chi connectivity index (χ1n) is 9.02. The number of hydrogen-bond acceptors (Lipinski definition) is 5. The zero-order valence-electron chi connectivity index (χ0n) is 15.5. The number of carbonyl (C=O) groups excluding carboxylic acids is 2. The molecule has 1 atom stereocenters. The summed E-state index contributed by atoms with van der Waals surface area (Å²) in [5, 5.41) is 0. The lowest BCUT2D eigenvalue weighted by Crippen LogP contribution is -2.41. The van der Waals surface area contributed by atoms with Gasteiger partial charge in [0.15, 0.2) is 11.5 Å². The third kappa shape index (κ3) is 3.06. The molecule has 1 unspecified atom stereocenters. The summed E-state index contributed by atoms with van der Waals surface area (Å²) in [4.78, 5) is 29.5. The highest BCUT2D eigenvalue weighted by molar-refractivity contribution is 6.22. The molecular formula is C21H22N2O4. The molecule has 0 saturated carbocycles. The Morgan fingerprint density at radius 3 is 2.11 bits per heavy atom. The summed E-state index contributed by atoms with van der Waals surface area (Å²) in [6.07, 6.45) is 0.784. The third-order valence-corrected chi connectivity index (χ3v) is 5.28. The fourth-order valence-corrected chi connectivity index (χ4v) is 3.92. The second kappa shape index (κ2) is 7.04. The number of methoxy groups -OCH3 is 2. The van der Waals surface area contributed by atoms with Crippen molar-refractivity contribution in [2.24, 2.45) is 0 Å². The highest BCUT2D eigenvalue weighted by Gasteiger charge is 2.43. The van der Waals surface area contributed by atoms with Crippen molar-refractivity contribution in [3.05, 3.63) is 59.2 Å². The van der Waals surface area contributed by atoms with Gasteiger partial charge in [-0.2, -0.15) is 0 Å². The summed E-state index contributed by atoms with van der Waals surface area (Å²) < 4.78 is 10.5. The maximum Gasteiger partial charge on any atom is 0.261 e. The van der Waals surface area contributed by atoms with Gasteiger partial charge in [-0.15, -0.1) is 0 Å². The van der Waals surface area contributed by atoms with Gasteiger partial charge in [0.2, 0.25) is 0 Å². The molecule has 0 N–H and O–H groups in total. The average molecular weight is 366 g/mol. The van der Waals surface area contributed by atoms with E-state index in [9.17, 15) is 9.59 Å². The van der Waals surface area contributed by atoms with Crippen LogP contribution >= 0.6 is 0 Å². The van der Waals surface area contributed by atoms with E-state index in [0.717, 1.165) is 19.5 Å². The van der Waals surface area contributed by atoms with E-state index >= 15 is 0 Å². The SMILES string of the molecule is COc1cc2c(cc1OC)C(=O)N(C1CCN(Cc3ccccc3)C1)C2=O. The Balaban J connectivity index is 1.53. The van der Waals surface area contributed by atoms with E-state index in [1.165, 1.54) is 24.7 Å². The molecule has 0 aromatic heterocycles. The number of ether oxygens (including phenoxy) is 2. The normalized spacial score (nSPS) is 19.5. The minimum Gasteiger partial charge on any atom is -0.493 e. The largest absolute Gasteiger partial charge is 0.493 e. The smallest absolute Gasteiger partial charge is 0.261 e. The van der Waals surface area contributed by atoms with Crippen molar-refractivity contribution in [2.75, 3.05) is 27.3 Å². The molecule has 2 amide bonds. The van der Waals surface area contributed by atoms with Crippen molar-refractivity contribution in [1.82, 2.24) is 9.80 Å². The van der Waals surface area contributed by atoms with Crippen LogP contribution in [0.2, 0.25) is 0 Å². The van der Waals surface area contributed by atoms with Crippen LogP contribution in [0.3, 0.4) is 0 Å². The number of imide groups is 1. The number of hydrogen-bond donors (Lipinski definition) is 0. The highest BCUT2D eigenvalue weighted by atomic mass is 16.5. The van der Waals surface area contributed by atoms with Crippen molar-refractivity contribution < 1.29 is 19.1 Å². The molecule has 140 valence electrons. The van der Waals surface area contributed by atoms with Crippen LogP contribution in [0.25, 0.3) is 0 Å². The molecule has 2 aromatic rings. The van der Waals surface area contributed by atoms with Crippen LogP contribution < -0.4 is 9.47 Å². The van der Waals surface area contributed by atoms with Gasteiger partial charge in [0.1, 0.15) is 0 Å². The Bertz CT molecular complexity index is 838. The van der Waals surface area contributed by atoms with Crippen LogP contribution in [-0.4, -0.2) is 55.0 Å². The van der Waals surface area contributed by atoms with Gasteiger partial charge in [-0.3, -0.25) is 19.4 Å². The number of benzene rings is 2. The lowest BCUT2D eigenvalue weighted by Gasteiger charge is -2.22. The molecule has 0 radical (unpaired) electrons.